The van der Waals surface area contributed by atoms with Crippen LogP contribution in [0.5, 0.6) is 0 Å². The van der Waals surface area contributed by atoms with Crippen molar-refractivity contribution >= 4 is 17.8 Å². The van der Waals surface area contributed by atoms with Crippen LogP contribution in [-0.2, 0) is 9.53 Å². The Kier molecular flexibility index (Phi) is 4.16. The predicted molar refractivity (Wildman–Crippen MR) is 70.4 cm³/mol. The van der Waals surface area contributed by atoms with Crippen LogP contribution in [0.4, 0.5) is 5.82 Å². The monoisotopic (exact) mass is 279 g/mol. The lowest BCUT2D eigenvalue weighted by molar-refractivity contribution is -0.138. The molecule has 1 fully saturated rings. The topological polar surface area (TPSA) is 101 Å². The van der Waals surface area contributed by atoms with Gasteiger partial charge in [-0.15, -0.1) is 0 Å². The minimum Gasteiger partial charge on any atom is -0.481 e. The summed E-state index contributed by atoms with van der Waals surface area (Å²) in [5.74, 6) is -1.06. The molecule has 108 valence electrons. The van der Waals surface area contributed by atoms with Gasteiger partial charge in [0, 0.05) is 11.7 Å². The minimum atomic E-state index is -0.846. The van der Waals surface area contributed by atoms with Crippen LogP contribution in [0, 0.1) is 0 Å². The highest BCUT2D eigenvalue weighted by Gasteiger charge is 2.36. The summed E-state index contributed by atoms with van der Waals surface area (Å²) in [5.41, 5.74) is -0.492. The molecule has 0 bridgehead atoms. The van der Waals surface area contributed by atoms with Gasteiger partial charge in [0.2, 0.25) is 5.82 Å². The van der Waals surface area contributed by atoms with Crippen molar-refractivity contribution in [2.24, 2.45) is 0 Å². The number of carboxylic acids is 1. The van der Waals surface area contributed by atoms with E-state index >= 15 is 0 Å². The first-order valence-electron chi connectivity index (χ1n) is 6.46. The molecule has 1 aromatic heterocycles. The molecule has 1 aliphatic carbocycles. The lowest BCUT2D eigenvalue weighted by Crippen LogP contribution is -2.38. The van der Waals surface area contributed by atoms with Gasteiger partial charge in [0.05, 0.1) is 13.5 Å². The van der Waals surface area contributed by atoms with Crippen LogP contribution < -0.4 is 5.32 Å². The zero-order valence-corrected chi connectivity index (χ0v) is 11.3. The summed E-state index contributed by atoms with van der Waals surface area (Å²) in [5, 5.41) is 12.2. The highest BCUT2D eigenvalue weighted by atomic mass is 16.5. The summed E-state index contributed by atoms with van der Waals surface area (Å²) >= 11 is 0. The maximum Gasteiger partial charge on any atom is 0.376 e. The Bertz CT molecular complexity index is 512. The van der Waals surface area contributed by atoms with E-state index in [0.29, 0.717) is 5.82 Å². The quantitative estimate of drug-likeness (QED) is 0.787. The first-order chi connectivity index (χ1) is 9.54. The molecule has 0 aromatic carbocycles. The van der Waals surface area contributed by atoms with Crippen LogP contribution in [0.3, 0.4) is 0 Å². The van der Waals surface area contributed by atoms with Gasteiger partial charge in [0.25, 0.3) is 0 Å². The Labute approximate surface area is 116 Å². The second-order valence-corrected chi connectivity index (χ2v) is 4.94. The molecule has 1 aliphatic rings. The third-order valence-corrected chi connectivity index (χ3v) is 3.47. The first-order valence-corrected chi connectivity index (χ1v) is 6.46. The number of carboxylic acid groups (broad SMARTS) is 1. The van der Waals surface area contributed by atoms with Crippen molar-refractivity contribution in [3.8, 4) is 0 Å². The number of hydrogen-bond acceptors (Lipinski definition) is 6. The van der Waals surface area contributed by atoms with Gasteiger partial charge in [-0.25, -0.2) is 14.8 Å². The summed E-state index contributed by atoms with van der Waals surface area (Å²) in [6, 6.07) is 1.62. The number of carbonyl (C=O) groups excluding carboxylic acids is 1. The standard InChI is InChI=1S/C13H17N3O4/c1-20-12(19)11-14-7-4-9(15-11)16-13(8-10(17)18)5-2-3-6-13/h4,7H,2-3,5-6,8H2,1H3,(H,17,18)(H,14,15,16). The number of nitrogens with one attached hydrogen (secondary N) is 1. The zero-order chi connectivity index (χ0) is 14.6. The van der Waals surface area contributed by atoms with Crippen LogP contribution in [0.15, 0.2) is 12.3 Å². The third-order valence-electron chi connectivity index (χ3n) is 3.47. The number of carbonyl (C=O) groups is 2. The molecular formula is C13H17N3O4. The minimum absolute atomic E-state index is 0.0323. The van der Waals surface area contributed by atoms with E-state index in [1.54, 1.807) is 6.07 Å². The highest BCUT2D eigenvalue weighted by Crippen LogP contribution is 2.35. The molecule has 0 unspecified atom stereocenters. The average Bonchev–Trinajstić information content (AvgIpc) is 2.85. The van der Waals surface area contributed by atoms with E-state index in [-0.39, 0.29) is 12.2 Å². The molecule has 1 heterocycles. The van der Waals surface area contributed by atoms with Crippen molar-refractivity contribution in [3.05, 3.63) is 18.1 Å². The summed E-state index contributed by atoms with van der Waals surface area (Å²) in [6.45, 7) is 0. The summed E-state index contributed by atoms with van der Waals surface area (Å²) in [7, 11) is 1.26. The van der Waals surface area contributed by atoms with Gasteiger partial charge >= 0.3 is 11.9 Å². The van der Waals surface area contributed by atoms with Crippen LogP contribution in [0.1, 0.15) is 42.7 Å². The summed E-state index contributed by atoms with van der Waals surface area (Å²) < 4.78 is 4.57. The van der Waals surface area contributed by atoms with E-state index < -0.39 is 17.5 Å². The molecular weight excluding hydrogens is 262 g/mol. The van der Waals surface area contributed by atoms with Gasteiger partial charge in [-0.1, -0.05) is 12.8 Å². The number of anilines is 1. The van der Waals surface area contributed by atoms with Crippen molar-refractivity contribution in [2.45, 2.75) is 37.6 Å². The molecule has 1 saturated carbocycles. The van der Waals surface area contributed by atoms with Gasteiger partial charge in [-0.2, -0.15) is 0 Å². The molecule has 0 spiro atoms. The van der Waals surface area contributed by atoms with Crippen molar-refractivity contribution in [1.82, 2.24) is 9.97 Å². The Hall–Kier alpha value is -2.18. The molecule has 2 N–H and O–H groups in total. The van der Waals surface area contributed by atoms with E-state index in [1.807, 2.05) is 0 Å². The normalized spacial score (nSPS) is 16.6. The number of ether oxygens (including phenoxy) is 1. The second kappa shape index (κ2) is 5.85. The average molecular weight is 279 g/mol. The van der Waals surface area contributed by atoms with E-state index in [0.717, 1.165) is 25.7 Å². The molecule has 1 aromatic rings. The number of aliphatic carboxylic acids is 1. The number of hydrogen-bond donors (Lipinski definition) is 2. The fourth-order valence-corrected chi connectivity index (χ4v) is 2.58. The third kappa shape index (κ3) is 3.23. The summed E-state index contributed by atoms with van der Waals surface area (Å²) in [4.78, 5) is 30.3. The molecule has 7 heteroatoms. The number of aromatic nitrogens is 2. The molecule has 0 radical (unpaired) electrons. The highest BCUT2D eigenvalue weighted by molar-refractivity contribution is 5.85. The number of nitrogens with zero attached hydrogens (tertiary/aromatic N) is 2. The summed E-state index contributed by atoms with van der Waals surface area (Å²) in [6.07, 6.45) is 4.99. The molecule has 7 nitrogen and oxygen atoms in total. The van der Waals surface area contributed by atoms with Crippen LogP contribution in [-0.4, -0.2) is 39.7 Å². The van der Waals surface area contributed by atoms with E-state index in [2.05, 4.69) is 20.0 Å². The van der Waals surface area contributed by atoms with Gasteiger partial charge in [-0.05, 0) is 18.9 Å². The van der Waals surface area contributed by atoms with Crippen molar-refractivity contribution in [3.63, 3.8) is 0 Å². The lowest BCUT2D eigenvalue weighted by atomic mass is 9.93. The van der Waals surface area contributed by atoms with Gasteiger partial charge in [-0.3, -0.25) is 4.79 Å². The van der Waals surface area contributed by atoms with Crippen molar-refractivity contribution in [2.75, 3.05) is 12.4 Å². The molecule has 0 amide bonds. The van der Waals surface area contributed by atoms with Gasteiger partial charge < -0.3 is 15.2 Å². The molecule has 0 saturated heterocycles. The predicted octanol–water partition coefficient (Wildman–Crippen LogP) is 1.46. The van der Waals surface area contributed by atoms with E-state index in [1.165, 1.54) is 13.3 Å². The largest absolute Gasteiger partial charge is 0.481 e. The Balaban J connectivity index is 2.18. The number of rotatable bonds is 5. The van der Waals surface area contributed by atoms with Crippen LogP contribution >= 0.6 is 0 Å². The number of methoxy groups -OCH3 is 1. The Morgan fingerprint density at radius 3 is 2.75 bits per heavy atom. The van der Waals surface area contributed by atoms with Gasteiger partial charge in [0.15, 0.2) is 0 Å². The Morgan fingerprint density at radius 2 is 2.15 bits per heavy atom. The fraction of sp³-hybridized carbons (Fsp3) is 0.538. The SMILES string of the molecule is COC(=O)c1nccc(NC2(CC(=O)O)CCCC2)n1. The molecule has 0 atom stereocenters. The molecule has 2 rings (SSSR count). The maximum atomic E-state index is 11.4. The van der Waals surface area contributed by atoms with Crippen molar-refractivity contribution in [1.29, 1.82) is 0 Å². The molecule has 20 heavy (non-hydrogen) atoms. The van der Waals surface area contributed by atoms with Crippen LogP contribution in [0.25, 0.3) is 0 Å². The van der Waals surface area contributed by atoms with Crippen LogP contribution in [0.2, 0.25) is 0 Å². The smallest absolute Gasteiger partial charge is 0.376 e. The maximum absolute atomic E-state index is 11.4. The molecule has 0 aliphatic heterocycles. The fourth-order valence-electron chi connectivity index (χ4n) is 2.58. The van der Waals surface area contributed by atoms with E-state index in [4.69, 9.17) is 5.11 Å². The second-order valence-electron chi connectivity index (χ2n) is 4.94. The number of esters is 1. The van der Waals surface area contributed by atoms with Gasteiger partial charge in [0.1, 0.15) is 5.82 Å². The first kappa shape index (κ1) is 14.2. The van der Waals surface area contributed by atoms with E-state index in [9.17, 15) is 9.59 Å². The Morgan fingerprint density at radius 1 is 1.45 bits per heavy atom. The zero-order valence-electron chi connectivity index (χ0n) is 11.3. The lowest BCUT2D eigenvalue weighted by Gasteiger charge is -2.29. The van der Waals surface area contributed by atoms with Crippen molar-refractivity contribution < 1.29 is 19.4 Å².